The van der Waals surface area contributed by atoms with E-state index in [2.05, 4.69) is 22.9 Å². The van der Waals surface area contributed by atoms with Gasteiger partial charge in [-0.15, -0.1) is 0 Å². The fourth-order valence-electron chi connectivity index (χ4n) is 2.89. The summed E-state index contributed by atoms with van der Waals surface area (Å²) < 4.78 is 6.91. The lowest BCUT2D eigenvalue weighted by atomic mass is 9.85. The number of anilines is 1. The highest BCUT2D eigenvalue weighted by atomic mass is 79.9. The minimum absolute atomic E-state index is 0.0177. The van der Waals surface area contributed by atoms with Crippen molar-refractivity contribution in [3.8, 4) is 5.75 Å². The molecule has 1 aliphatic rings. The first kappa shape index (κ1) is 15.4. The number of hydrogen-bond acceptors (Lipinski definition) is 3. The number of Topliss-reactive ketones (excluding diaryl/α,β-unsaturated/α-hetero) is 1. The topological polar surface area (TPSA) is 52.3 Å². The van der Waals surface area contributed by atoms with E-state index in [1.165, 1.54) is 19.3 Å². The van der Waals surface area contributed by atoms with E-state index < -0.39 is 0 Å². The van der Waals surface area contributed by atoms with Crippen LogP contribution in [0.4, 0.5) is 5.69 Å². The summed E-state index contributed by atoms with van der Waals surface area (Å²) >= 11 is 3.37. The minimum Gasteiger partial charge on any atom is -0.487 e. The van der Waals surface area contributed by atoms with Crippen LogP contribution < -0.4 is 10.5 Å². The van der Waals surface area contributed by atoms with Crippen LogP contribution in [0, 0.1) is 5.92 Å². The number of hydrogen-bond donors (Lipinski definition) is 1. The predicted octanol–water partition coefficient (Wildman–Crippen LogP) is 4.58. The Kier molecular flexibility index (Phi) is 5.08. The van der Waals surface area contributed by atoms with Crippen LogP contribution in [-0.2, 0) is 0 Å². The molecule has 2 N–H and O–H groups in total. The van der Waals surface area contributed by atoms with Gasteiger partial charge in [-0.3, -0.25) is 4.79 Å². The van der Waals surface area contributed by atoms with Crippen molar-refractivity contribution in [3.05, 3.63) is 22.2 Å². The molecule has 0 radical (unpaired) electrons. The number of ketones is 1. The number of nitrogen functional groups attached to an aromatic ring is 1. The molecule has 0 amide bonds. The van der Waals surface area contributed by atoms with Crippen molar-refractivity contribution in [2.75, 3.05) is 5.73 Å². The molecule has 110 valence electrons. The highest BCUT2D eigenvalue weighted by Crippen LogP contribution is 2.35. The van der Waals surface area contributed by atoms with Gasteiger partial charge >= 0.3 is 0 Å². The van der Waals surface area contributed by atoms with Crippen molar-refractivity contribution in [1.29, 1.82) is 0 Å². The zero-order chi connectivity index (χ0) is 14.7. The Balaban J connectivity index is 2.22. The number of nitrogens with two attached hydrogens (primary N) is 1. The van der Waals surface area contributed by atoms with Crippen molar-refractivity contribution in [3.63, 3.8) is 0 Å². The molecule has 3 nitrogen and oxygen atoms in total. The number of halogens is 1. The van der Waals surface area contributed by atoms with Crippen molar-refractivity contribution in [1.82, 2.24) is 0 Å². The quantitative estimate of drug-likeness (QED) is 0.645. The van der Waals surface area contributed by atoms with Gasteiger partial charge < -0.3 is 10.5 Å². The summed E-state index contributed by atoms with van der Waals surface area (Å²) in [5.74, 6) is 1.27. The Morgan fingerprint density at radius 3 is 2.85 bits per heavy atom. The molecule has 2 rings (SSSR count). The van der Waals surface area contributed by atoms with Crippen molar-refractivity contribution in [2.24, 2.45) is 5.92 Å². The van der Waals surface area contributed by atoms with Gasteiger partial charge in [-0.25, -0.2) is 0 Å². The summed E-state index contributed by atoms with van der Waals surface area (Å²) in [4.78, 5) is 11.8. The number of ether oxygens (including phenoxy) is 1. The fourth-order valence-corrected chi connectivity index (χ4v) is 3.37. The molecular formula is C16H22BrNO2. The van der Waals surface area contributed by atoms with E-state index in [0.717, 1.165) is 23.2 Å². The SMILES string of the molecule is CCC1CCCC(Oc2c(N)cc(Br)cc2C(C)=O)C1. The van der Waals surface area contributed by atoms with Gasteiger partial charge in [0.25, 0.3) is 0 Å². The number of carbonyl (C=O) groups excluding carboxylic acids is 1. The molecule has 20 heavy (non-hydrogen) atoms. The van der Waals surface area contributed by atoms with Crippen LogP contribution in [0.2, 0.25) is 0 Å². The van der Waals surface area contributed by atoms with Crippen LogP contribution in [-0.4, -0.2) is 11.9 Å². The lowest BCUT2D eigenvalue weighted by Crippen LogP contribution is -2.26. The van der Waals surface area contributed by atoms with Crippen LogP contribution in [0.1, 0.15) is 56.3 Å². The fraction of sp³-hybridized carbons (Fsp3) is 0.562. The summed E-state index contributed by atoms with van der Waals surface area (Å²) in [6.45, 7) is 3.77. The molecule has 0 aromatic heterocycles. The molecule has 0 saturated heterocycles. The summed E-state index contributed by atoms with van der Waals surface area (Å²) in [7, 11) is 0. The molecule has 2 unspecified atom stereocenters. The van der Waals surface area contributed by atoms with Crippen molar-refractivity contribution in [2.45, 2.75) is 52.1 Å². The average molecular weight is 340 g/mol. The molecule has 0 aliphatic heterocycles. The largest absolute Gasteiger partial charge is 0.487 e. The lowest BCUT2D eigenvalue weighted by Gasteiger charge is -2.30. The molecule has 1 aromatic rings. The lowest BCUT2D eigenvalue weighted by molar-refractivity contribution is 0.0989. The average Bonchev–Trinajstić information content (AvgIpc) is 2.41. The van der Waals surface area contributed by atoms with Gasteiger partial charge in [0, 0.05) is 4.47 Å². The van der Waals surface area contributed by atoms with E-state index in [-0.39, 0.29) is 11.9 Å². The standard InChI is InChI=1S/C16H22BrNO2/c1-3-11-5-4-6-13(7-11)20-16-14(10(2)19)8-12(17)9-15(16)18/h8-9,11,13H,3-7,18H2,1-2H3. The van der Waals surface area contributed by atoms with Gasteiger partial charge in [0.15, 0.2) is 11.5 Å². The third-order valence-corrected chi connectivity index (χ3v) is 4.52. The Morgan fingerprint density at radius 1 is 1.45 bits per heavy atom. The third kappa shape index (κ3) is 3.54. The van der Waals surface area contributed by atoms with Gasteiger partial charge in [0.05, 0.1) is 17.4 Å². The Bertz CT molecular complexity index is 501. The number of rotatable bonds is 4. The molecule has 2 atom stereocenters. The summed E-state index contributed by atoms with van der Waals surface area (Å²) in [6, 6.07) is 3.58. The first-order valence-electron chi connectivity index (χ1n) is 7.27. The zero-order valence-electron chi connectivity index (χ0n) is 12.1. The molecule has 4 heteroatoms. The van der Waals surface area contributed by atoms with Crippen LogP contribution in [0.15, 0.2) is 16.6 Å². The summed E-state index contributed by atoms with van der Waals surface area (Å²) in [5.41, 5.74) is 7.13. The molecule has 0 bridgehead atoms. The van der Waals surface area contributed by atoms with E-state index >= 15 is 0 Å². The van der Waals surface area contributed by atoms with Gasteiger partial charge in [-0.1, -0.05) is 35.7 Å². The monoisotopic (exact) mass is 339 g/mol. The molecule has 1 fully saturated rings. The zero-order valence-corrected chi connectivity index (χ0v) is 13.7. The highest BCUT2D eigenvalue weighted by molar-refractivity contribution is 9.10. The predicted molar refractivity (Wildman–Crippen MR) is 85.2 cm³/mol. The second kappa shape index (κ2) is 6.61. The maximum absolute atomic E-state index is 11.8. The maximum Gasteiger partial charge on any atom is 0.163 e. The van der Waals surface area contributed by atoms with Crippen LogP contribution in [0.25, 0.3) is 0 Å². The van der Waals surface area contributed by atoms with E-state index in [1.54, 1.807) is 19.1 Å². The molecule has 1 saturated carbocycles. The van der Waals surface area contributed by atoms with Crippen LogP contribution in [0.5, 0.6) is 5.75 Å². The first-order chi connectivity index (χ1) is 9.51. The highest BCUT2D eigenvalue weighted by Gasteiger charge is 2.24. The Labute approximate surface area is 129 Å². The van der Waals surface area contributed by atoms with E-state index in [1.807, 2.05) is 0 Å². The Morgan fingerprint density at radius 2 is 2.20 bits per heavy atom. The van der Waals surface area contributed by atoms with Gasteiger partial charge in [-0.05, 0) is 44.2 Å². The van der Waals surface area contributed by atoms with Gasteiger partial charge in [0.2, 0.25) is 0 Å². The number of carbonyl (C=O) groups is 1. The summed E-state index contributed by atoms with van der Waals surface area (Å²) in [6.07, 6.45) is 5.94. The van der Waals surface area contributed by atoms with E-state index in [4.69, 9.17) is 10.5 Å². The molecule has 1 aromatic carbocycles. The Hall–Kier alpha value is -1.03. The minimum atomic E-state index is -0.0177. The molecule has 0 heterocycles. The summed E-state index contributed by atoms with van der Waals surface area (Å²) in [5, 5.41) is 0. The molecule has 0 spiro atoms. The molecular weight excluding hydrogens is 318 g/mol. The maximum atomic E-state index is 11.8. The normalized spacial score (nSPS) is 22.6. The first-order valence-corrected chi connectivity index (χ1v) is 8.07. The van der Waals surface area contributed by atoms with Crippen molar-refractivity contribution >= 4 is 27.4 Å². The van der Waals surface area contributed by atoms with Crippen molar-refractivity contribution < 1.29 is 9.53 Å². The van der Waals surface area contributed by atoms with Gasteiger partial charge in [0.1, 0.15) is 0 Å². The number of benzene rings is 1. The van der Waals surface area contributed by atoms with Crippen LogP contribution in [0.3, 0.4) is 0 Å². The van der Waals surface area contributed by atoms with Crippen LogP contribution >= 0.6 is 15.9 Å². The second-order valence-electron chi connectivity index (χ2n) is 5.61. The third-order valence-electron chi connectivity index (χ3n) is 4.06. The van der Waals surface area contributed by atoms with Gasteiger partial charge in [-0.2, -0.15) is 0 Å². The second-order valence-corrected chi connectivity index (χ2v) is 6.52. The smallest absolute Gasteiger partial charge is 0.163 e. The van der Waals surface area contributed by atoms with E-state index in [9.17, 15) is 4.79 Å². The van der Waals surface area contributed by atoms with E-state index in [0.29, 0.717) is 17.0 Å². The molecule has 1 aliphatic carbocycles.